The van der Waals surface area contributed by atoms with Gasteiger partial charge in [0.25, 0.3) is 0 Å². The van der Waals surface area contributed by atoms with E-state index in [1.165, 1.54) is 0 Å². The van der Waals surface area contributed by atoms with Crippen LogP contribution in [0.15, 0.2) is 30.3 Å². The van der Waals surface area contributed by atoms with Gasteiger partial charge in [-0.15, -0.1) is 0 Å². The summed E-state index contributed by atoms with van der Waals surface area (Å²) in [4.78, 5) is 8.13. The molecule has 0 aliphatic heterocycles. The highest BCUT2D eigenvalue weighted by atomic mass is 16.5. The third-order valence-corrected chi connectivity index (χ3v) is 2.60. The predicted octanol–water partition coefficient (Wildman–Crippen LogP) is 3.07. The van der Waals surface area contributed by atoms with Gasteiger partial charge in [-0.1, -0.05) is 6.92 Å². The van der Waals surface area contributed by atoms with E-state index in [1.54, 1.807) is 6.07 Å². The van der Waals surface area contributed by atoms with E-state index >= 15 is 0 Å². The van der Waals surface area contributed by atoms with Gasteiger partial charge in [-0.05, 0) is 37.6 Å². The molecule has 0 saturated heterocycles. The highest BCUT2D eigenvalue weighted by Crippen LogP contribution is 2.24. The van der Waals surface area contributed by atoms with Crippen LogP contribution < -0.4 is 20.5 Å². The van der Waals surface area contributed by atoms with E-state index in [2.05, 4.69) is 22.2 Å². The van der Waals surface area contributed by atoms with Crippen molar-refractivity contribution in [2.45, 2.75) is 20.3 Å². The van der Waals surface area contributed by atoms with E-state index in [0.717, 1.165) is 18.7 Å². The minimum atomic E-state index is 0.173. The summed E-state index contributed by atoms with van der Waals surface area (Å²) in [5, 5.41) is 3.08. The number of benzene rings is 1. The third-order valence-electron chi connectivity index (χ3n) is 2.60. The number of nitrogens with one attached hydrogen (secondary N) is 1. The number of anilines is 2. The summed E-state index contributed by atoms with van der Waals surface area (Å²) in [6, 6.07) is 9.09. The lowest BCUT2D eigenvalue weighted by Gasteiger charge is -2.09. The lowest BCUT2D eigenvalue weighted by atomic mass is 10.3. The Labute approximate surface area is 124 Å². The average molecular weight is 288 g/mol. The Kier molecular flexibility index (Phi) is 5.20. The van der Waals surface area contributed by atoms with E-state index in [0.29, 0.717) is 24.1 Å². The van der Waals surface area contributed by atoms with Crippen molar-refractivity contribution in [2.24, 2.45) is 0 Å². The summed E-state index contributed by atoms with van der Waals surface area (Å²) < 4.78 is 11.2. The summed E-state index contributed by atoms with van der Waals surface area (Å²) >= 11 is 0. The molecule has 0 saturated carbocycles. The molecule has 3 N–H and O–H groups in total. The van der Waals surface area contributed by atoms with Gasteiger partial charge in [-0.2, -0.15) is 9.97 Å². The van der Waals surface area contributed by atoms with Gasteiger partial charge in [0.05, 0.1) is 6.61 Å². The molecule has 6 heteroatoms. The number of nitrogens with two attached hydrogens (primary N) is 1. The standard InChI is InChI=1S/C15H20N4O2/c1-3-9-20-11-5-7-12(8-6-11)21-14-10-13(17-4-2)18-15(16)19-14/h5-8,10H,3-4,9H2,1-2H3,(H3,16,17,18,19). The molecule has 0 bridgehead atoms. The zero-order chi connectivity index (χ0) is 15.1. The summed E-state index contributed by atoms with van der Waals surface area (Å²) in [5.41, 5.74) is 5.66. The molecule has 6 nitrogen and oxygen atoms in total. The number of hydrogen-bond donors (Lipinski definition) is 2. The largest absolute Gasteiger partial charge is 0.494 e. The molecular formula is C15H20N4O2. The molecule has 0 radical (unpaired) electrons. The number of nitrogens with zero attached hydrogens (tertiary/aromatic N) is 2. The Balaban J connectivity index is 2.07. The van der Waals surface area contributed by atoms with Crippen LogP contribution in [0.2, 0.25) is 0 Å². The molecule has 2 aromatic rings. The van der Waals surface area contributed by atoms with Crippen LogP contribution in [0.25, 0.3) is 0 Å². The monoisotopic (exact) mass is 288 g/mol. The Morgan fingerprint density at radius 2 is 1.81 bits per heavy atom. The summed E-state index contributed by atoms with van der Waals surface area (Å²) in [5.74, 6) is 2.70. The van der Waals surface area contributed by atoms with Crippen molar-refractivity contribution >= 4 is 11.8 Å². The molecule has 2 rings (SSSR count). The van der Waals surface area contributed by atoms with Crippen LogP contribution in [0, 0.1) is 0 Å². The van der Waals surface area contributed by atoms with Crippen molar-refractivity contribution in [2.75, 3.05) is 24.2 Å². The predicted molar refractivity (Wildman–Crippen MR) is 82.9 cm³/mol. The highest BCUT2D eigenvalue weighted by Gasteiger charge is 2.04. The molecular weight excluding hydrogens is 268 g/mol. The first-order valence-electron chi connectivity index (χ1n) is 7.00. The molecule has 0 aliphatic rings. The van der Waals surface area contributed by atoms with E-state index < -0.39 is 0 Å². The van der Waals surface area contributed by atoms with Gasteiger partial charge in [-0.3, -0.25) is 0 Å². The number of ether oxygens (including phenoxy) is 2. The van der Waals surface area contributed by atoms with Crippen molar-refractivity contribution in [3.8, 4) is 17.4 Å². The lowest BCUT2D eigenvalue weighted by molar-refractivity contribution is 0.317. The van der Waals surface area contributed by atoms with Crippen molar-refractivity contribution in [3.05, 3.63) is 30.3 Å². The summed E-state index contributed by atoms with van der Waals surface area (Å²) in [6.45, 7) is 5.50. The maximum absolute atomic E-state index is 5.68. The first-order chi connectivity index (χ1) is 10.2. The minimum Gasteiger partial charge on any atom is -0.494 e. The fraction of sp³-hybridized carbons (Fsp3) is 0.333. The van der Waals surface area contributed by atoms with Crippen LogP contribution in [-0.2, 0) is 0 Å². The van der Waals surface area contributed by atoms with Crippen molar-refractivity contribution in [1.29, 1.82) is 0 Å². The first-order valence-corrected chi connectivity index (χ1v) is 7.00. The molecule has 0 fully saturated rings. The molecule has 21 heavy (non-hydrogen) atoms. The van der Waals surface area contributed by atoms with Crippen LogP contribution in [0.4, 0.5) is 11.8 Å². The smallest absolute Gasteiger partial charge is 0.226 e. The van der Waals surface area contributed by atoms with Crippen LogP contribution in [0.3, 0.4) is 0 Å². The van der Waals surface area contributed by atoms with Gasteiger partial charge in [0.2, 0.25) is 11.8 Å². The van der Waals surface area contributed by atoms with Gasteiger partial charge >= 0.3 is 0 Å². The van der Waals surface area contributed by atoms with E-state index in [4.69, 9.17) is 15.2 Å². The molecule has 0 atom stereocenters. The number of nitrogen functional groups attached to an aromatic ring is 1. The molecule has 0 spiro atoms. The van der Waals surface area contributed by atoms with Crippen molar-refractivity contribution in [3.63, 3.8) is 0 Å². The third kappa shape index (κ3) is 4.52. The number of hydrogen-bond acceptors (Lipinski definition) is 6. The SMILES string of the molecule is CCCOc1ccc(Oc2cc(NCC)nc(N)n2)cc1. The van der Waals surface area contributed by atoms with Gasteiger partial charge < -0.3 is 20.5 Å². The zero-order valence-electron chi connectivity index (χ0n) is 12.3. The minimum absolute atomic E-state index is 0.173. The van der Waals surface area contributed by atoms with Gasteiger partial charge in [0, 0.05) is 12.6 Å². The van der Waals surface area contributed by atoms with Gasteiger partial charge in [-0.25, -0.2) is 0 Å². The normalized spacial score (nSPS) is 10.2. The quantitative estimate of drug-likeness (QED) is 0.814. The second-order valence-electron chi connectivity index (χ2n) is 4.40. The van der Waals surface area contributed by atoms with Crippen molar-refractivity contribution < 1.29 is 9.47 Å². The fourth-order valence-electron chi connectivity index (χ4n) is 1.71. The zero-order valence-corrected chi connectivity index (χ0v) is 12.3. The lowest BCUT2D eigenvalue weighted by Crippen LogP contribution is -2.04. The number of aromatic nitrogens is 2. The molecule has 112 valence electrons. The molecule has 0 amide bonds. The molecule has 1 aromatic carbocycles. The van der Waals surface area contributed by atoms with Gasteiger partial charge in [0.1, 0.15) is 17.3 Å². The van der Waals surface area contributed by atoms with Crippen molar-refractivity contribution in [1.82, 2.24) is 9.97 Å². The van der Waals surface area contributed by atoms with Crippen LogP contribution in [0.5, 0.6) is 17.4 Å². The van der Waals surface area contributed by atoms with Crippen LogP contribution in [0.1, 0.15) is 20.3 Å². The first kappa shape index (κ1) is 14.9. The maximum Gasteiger partial charge on any atom is 0.226 e. The Hall–Kier alpha value is -2.50. The second-order valence-corrected chi connectivity index (χ2v) is 4.40. The topological polar surface area (TPSA) is 82.3 Å². The molecule has 0 unspecified atom stereocenters. The fourth-order valence-corrected chi connectivity index (χ4v) is 1.71. The van der Waals surface area contributed by atoms with Gasteiger partial charge in [0.15, 0.2) is 0 Å². The number of rotatable bonds is 7. The Morgan fingerprint density at radius 3 is 2.48 bits per heavy atom. The summed E-state index contributed by atoms with van der Waals surface area (Å²) in [7, 11) is 0. The van der Waals surface area contributed by atoms with Crippen LogP contribution in [-0.4, -0.2) is 23.1 Å². The molecule has 0 aliphatic carbocycles. The maximum atomic E-state index is 5.68. The molecule has 1 aromatic heterocycles. The van der Waals surface area contributed by atoms with E-state index in [1.807, 2.05) is 31.2 Å². The van der Waals surface area contributed by atoms with Crippen LogP contribution >= 0.6 is 0 Å². The average Bonchev–Trinajstić information content (AvgIpc) is 2.46. The summed E-state index contributed by atoms with van der Waals surface area (Å²) in [6.07, 6.45) is 0.978. The Bertz CT molecular complexity index is 572. The Morgan fingerprint density at radius 1 is 1.10 bits per heavy atom. The molecule has 1 heterocycles. The highest BCUT2D eigenvalue weighted by molar-refractivity contribution is 5.44. The second kappa shape index (κ2) is 7.33. The van der Waals surface area contributed by atoms with E-state index in [-0.39, 0.29) is 5.95 Å². The van der Waals surface area contributed by atoms with E-state index in [9.17, 15) is 0 Å².